The van der Waals surface area contributed by atoms with Crippen LogP contribution in [0.3, 0.4) is 0 Å². The third-order valence-electron chi connectivity index (χ3n) is 3.70. The van der Waals surface area contributed by atoms with Crippen molar-refractivity contribution in [1.29, 1.82) is 0 Å². The fourth-order valence-electron chi connectivity index (χ4n) is 2.60. The molecule has 0 spiro atoms. The summed E-state index contributed by atoms with van der Waals surface area (Å²) in [5, 5.41) is 4.24. The van der Waals surface area contributed by atoms with E-state index in [1.807, 2.05) is 6.07 Å². The molecular formula is C17H27ClN2O. The summed E-state index contributed by atoms with van der Waals surface area (Å²) in [5.74, 6) is 0.663. The van der Waals surface area contributed by atoms with Gasteiger partial charge in [-0.3, -0.25) is 0 Å². The monoisotopic (exact) mass is 310 g/mol. The Morgan fingerprint density at radius 2 is 2.14 bits per heavy atom. The number of rotatable bonds is 9. The molecule has 0 bridgehead atoms. The molecule has 1 aliphatic rings. The Hall–Kier alpha value is -0.770. The molecule has 3 nitrogen and oxygen atoms in total. The minimum Gasteiger partial charge on any atom is -0.383 e. The molecule has 1 aromatic carbocycles. The first-order valence-corrected chi connectivity index (χ1v) is 8.24. The minimum atomic E-state index is 0.663. The van der Waals surface area contributed by atoms with Crippen LogP contribution >= 0.6 is 11.6 Å². The van der Waals surface area contributed by atoms with E-state index in [-0.39, 0.29) is 0 Å². The van der Waals surface area contributed by atoms with Gasteiger partial charge in [0.15, 0.2) is 0 Å². The van der Waals surface area contributed by atoms with Gasteiger partial charge in [0, 0.05) is 43.5 Å². The minimum absolute atomic E-state index is 0.663. The first-order chi connectivity index (χ1) is 10.1. The van der Waals surface area contributed by atoms with Gasteiger partial charge in [-0.15, -0.1) is 0 Å². The number of anilines is 1. The van der Waals surface area contributed by atoms with Crippen LogP contribution in [0.1, 0.15) is 32.3 Å². The lowest BCUT2D eigenvalue weighted by molar-refractivity contribution is 0.199. The van der Waals surface area contributed by atoms with Crippen LogP contribution in [0.15, 0.2) is 18.2 Å². The van der Waals surface area contributed by atoms with Gasteiger partial charge < -0.3 is 15.0 Å². The van der Waals surface area contributed by atoms with E-state index in [4.69, 9.17) is 16.3 Å². The summed E-state index contributed by atoms with van der Waals surface area (Å²) in [5.41, 5.74) is 2.62. The Labute approximate surface area is 133 Å². The number of methoxy groups -OCH3 is 1. The highest BCUT2D eigenvalue weighted by Gasteiger charge is 2.30. The lowest BCUT2D eigenvalue weighted by Crippen LogP contribution is -2.31. The largest absolute Gasteiger partial charge is 0.383 e. The van der Waals surface area contributed by atoms with Crippen LogP contribution in [-0.4, -0.2) is 32.8 Å². The number of nitrogens with one attached hydrogen (secondary N) is 1. The highest BCUT2D eigenvalue weighted by Crippen LogP contribution is 2.35. The Bertz CT molecular complexity index is 446. The second-order valence-electron chi connectivity index (χ2n) is 6.22. The van der Waals surface area contributed by atoms with Gasteiger partial charge in [0.1, 0.15) is 0 Å². The Kier molecular flexibility index (Phi) is 6.34. The van der Waals surface area contributed by atoms with Gasteiger partial charge >= 0.3 is 0 Å². The highest BCUT2D eigenvalue weighted by atomic mass is 35.5. The van der Waals surface area contributed by atoms with Crippen molar-refractivity contribution in [2.45, 2.75) is 39.3 Å². The van der Waals surface area contributed by atoms with E-state index in [1.165, 1.54) is 24.1 Å². The molecule has 2 rings (SSSR count). The van der Waals surface area contributed by atoms with E-state index in [9.17, 15) is 0 Å². The number of hydrogen-bond acceptors (Lipinski definition) is 3. The lowest BCUT2D eigenvalue weighted by atomic mass is 10.1. The zero-order valence-electron chi connectivity index (χ0n) is 13.4. The molecule has 1 aliphatic carbocycles. The van der Waals surface area contributed by atoms with Crippen LogP contribution in [0, 0.1) is 5.92 Å². The standard InChI is InChI=1S/C17H27ClN2O/c1-13(2)12-20(16-5-6-16)17-7-4-15(18)10-14(17)11-19-8-9-21-3/h4,7,10,13,16,19H,5-6,8-9,11-12H2,1-3H3. The van der Waals surface area contributed by atoms with Crippen LogP contribution in [0.25, 0.3) is 0 Å². The molecule has 21 heavy (non-hydrogen) atoms. The molecule has 0 aromatic heterocycles. The summed E-state index contributed by atoms with van der Waals surface area (Å²) in [4.78, 5) is 2.56. The number of ether oxygens (including phenoxy) is 1. The van der Waals surface area contributed by atoms with E-state index in [0.29, 0.717) is 12.0 Å². The smallest absolute Gasteiger partial charge is 0.0587 e. The van der Waals surface area contributed by atoms with Gasteiger partial charge in [0.25, 0.3) is 0 Å². The van der Waals surface area contributed by atoms with Crippen molar-refractivity contribution >= 4 is 17.3 Å². The summed E-state index contributed by atoms with van der Waals surface area (Å²) in [6.45, 7) is 8.09. The average molecular weight is 311 g/mol. The fraction of sp³-hybridized carbons (Fsp3) is 0.647. The Morgan fingerprint density at radius 3 is 2.76 bits per heavy atom. The molecule has 118 valence electrons. The van der Waals surface area contributed by atoms with Gasteiger partial charge in [-0.05, 0) is 42.5 Å². The van der Waals surface area contributed by atoms with Crippen LogP contribution < -0.4 is 10.2 Å². The molecule has 4 heteroatoms. The second kappa shape index (κ2) is 8.02. The second-order valence-corrected chi connectivity index (χ2v) is 6.66. The van der Waals surface area contributed by atoms with E-state index >= 15 is 0 Å². The van der Waals surface area contributed by atoms with Crippen molar-refractivity contribution in [3.8, 4) is 0 Å². The summed E-state index contributed by atoms with van der Waals surface area (Å²) < 4.78 is 5.08. The molecule has 0 atom stereocenters. The predicted molar refractivity (Wildman–Crippen MR) is 90.2 cm³/mol. The van der Waals surface area contributed by atoms with Crippen molar-refractivity contribution in [3.63, 3.8) is 0 Å². The molecule has 1 N–H and O–H groups in total. The topological polar surface area (TPSA) is 24.5 Å². The van der Waals surface area contributed by atoms with Gasteiger partial charge in [0.05, 0.1) is 6.61 Å². The quantitative estimate of drug-likeness (QED) is 0.704. The average Bonchev–Trinajstić information content (AvgIpc) is 3.26. The lowest BCUT2D eigenvalue weighted by Gasteiger charge is -2.29. The van der Waals surface area contributed by atoms with Crippen LogP contribution in [0.2, 0.25) is 5.02 Å². The van der Waals surface area contributed by atoms with E-state index in [2.05, 4.69) is 36.2 Å². The zero-order valence-corrected chi connectivity index (χ0v) is 14.1. The third kappa shape index (κ3) is 5.17. The van der Waals surface area contributed by atoms with Gasteiger partial charge in [-0.25, -0.2) is 0 Å². The number of nitrogens with zero attached hydrogens (tertiary/aromatic N) is 1. The molecular weight excluding hydrogens is 284 g/mol. The van der Waals surface area contributed by atoms with E-state index in [1.54, 1.807) is 7.11 Å². The fourth-order valence-corrected chi connectivity index (χ4v) is 2.79. The van der Waals surface area contributed by atoms with E-state index in [0.717, 1.165) is 31.3 Å². The van der Waals surface area contributed by atoms with Crippen LogP contribution in [-0.2, 0) is 11.3 Å². The maximum Gasteiger partial charge on any atom is 0.0587 e. The van der Waals surface area contributed by atoms with Gasteiger partial charge in [-0.2, -0.15) is 0 Å². The molecule has 0 saturated heterocycles. The molecule has 0 heterocycles. The number of benzene rings is 1. The summed E-state index contributed by atoms with van der Waals surface area (Å²) >= 11 is 6.19. The van der Waals surface area contributed by atoms with Crippen molar-refractivity contribution in [1.82, 2.24) is 5.32 Å². The molecule has 1 saturated carbocycles. The predicted octanol–water partition coefficient (Wildman–Crippen LogP) is 3.70. The van der Waals surface area contributed by atoms with Gasteiger partial charge in [-0.1, -0.05) is 25.4 Å². The number of hydrogen-bond donors (Lipinski definition) is 1. The van der Waals surface area contributed by atoms with Crippen molar-refractivity contribution in [2.24, 2.45) is 5.92 Å². The molecule has 0 unspecified atom stereocenters. The maximum atomic E-state index is 6.19. The normalized spacial score (nSPS) is 14.7. The van der Waals surface area contributed by atoms with Crippen molar-refractivity contribution in [3.05, 3.63) is 28.8 Å². The summed E-state index contributed by atoms with van der Waals surface area (Å²) in [7, 11) is 1.73. The van der Waals surface area contributed by atoms with Gasteiger partial charge in [0.2, 0.25) is 0 Å². The molecule has 0 amide bonds. The molecule has 1 fully saturated rings. The zero-order chi connectivity index (χ0) is 15.2. The SMILES string of the molecule is COCCNCc1cc(Cl)ccc1N(CC(C)C)C1CC1. The van der Waals surface area contributed by atoms with Crippen molar-refractivity contribution in [2.75, 3.05) is 31.7 Å². The Morgan fingerprint density at radius 1 is 1.38 bits per heavy atom. The van der Waals surface area contributed by atoms with Crippen LogP contribution in [0.4, 0.5) is 5.69 Å². The maximum absolute atomic E-state index is 6.19. The van der Waals surface area contributed by atoms with Crippen LogP contribution in [0.5, 0.6) is 0 Å². The summed E-state index contributed by atoms with van der Waals surface area (Å²) in [6, 6.07) is 6.99. The van der Waals surface area contributed by atoms with E-state index < -0.39 is 0 Å². The first kappa shape index (κ1) is 16.6. The highest BCUT2D eigenvalue weighted by molar-refractivity contribution is 6.30. The molecule has 1 aromatic rings. The third-order valence-corrected chi connectivity index (χ3v) is 3.93. The Balaban J connectivity index is 2.12. The number of halogens is 1. The molecule has 0 radical (unpaired) electrons. The first-order valence-electron chi connectivity index (χ1n) is 7.86. The van der Waals surface area contributed by atoms with Crippen molar-refractivity contribution < 1.29 is 4.74 Å². The molecule has 0 aliphatic heterocycles. The summed E-state index contributed by atoms with van der Waals surface area (Å²) in [6.07, 6.45) is 2.62.